The zero-order chi connectivity index (χ0) is 66.4. The molecule has 0 unspecified atom stereocenters. The number of nitrogens with one attached hydrogen (secondary N) is 10. The molecule has 0 spiro atoms. The second-order valence-corrected chi connectivity index (χ2v) is 26.4. The zero-order valence-corrected chi connectivity index (χ0v) is 53.7. The van der Waals surface area contributed by atoms with Gasteiger partial charge in [0.15, 0.2) is 0 Å². The number of hydrogen-bond donors (Lipinski definition) is 12. The van der Waals surface area contributed by atoms with Crippen molar-refractivity contribution in [2.24, 2.45) is 0 Å². The van der Waals surface area contributed by atoms with Gasteiger partial charge in [-0.25, -0.2) is 24.0 Å². The molecular weight excluding hydrogens is 1140 g/mol. The molecule has 0 saturated heterocycles. The summed E-state index contributed by atoms with van der Waals surface area (Å²) in [7, 11) is 0. The third-order valence-electron chi connectivity index (χ3n) is 12.1. The minimum Gasteiger partial charge on any atom is -0.508 e. The molecule has 10 amide bonds. The van der Waals surface area contributed by atoms with Crippen LogP contribution >= 0.6 is 0 Å². The number of aliphatic hydroxyl groups excluding tert-OH is 1. The van der Waals surface area contributed by atoms with E-state index >= 15 is 4.79 Å². The molecule has 4 bridgehead atoms. The number of rotatable bonds is 22. The lowest BCUT2D eigenvalue weighted by atomic mass is 9.95. The molecule has 2 aromatic carbocycles. The predicted octanol–water partition coefficient (Wildman–Crippen LogP) is 4.91. The molecule has 0 fully saturated rings. The van der Waals surface area contributed by atoms with Crippen LogP contribution in [0.5, 0.6) is 5.75 Å². The molecule has 27 nitrogen and oxygen atoms in total. The van der Waals surface area contributed by atoms with Gasteiger partial charge in [-0.2, -0.15) is 0 Å². The van der Waals surface area contributed by atoms with Gasteiger partial charge in [0.05, 0.1) is 6.10 Å². The van der Waals surface area contributed by atoms with Crippen LogP contribution in [0.1, 0.15) is 154 Å². The Bertz CT molecular complexity index is 2720. The van der Waals surface area contributed by atoms with Gasteiger partial charge in [0.25, 0.3) is 0 Å². The third kappa shape index (κ3) is 31.0. The Morgan fingerprint density at radius 1 is 0.568 bits per heavy atom. The molecule has 88 heavy (non-hydrogen) atoms. The number of benzene rings is 2. The summed E-state index contributed by atoms with van der Waals surface area (Å²) < 4.78 is 26.8. The van der Waals surface area contributed by atoms with E-state index in [9.17, 15) is 53.4 Å². The number of phenols is 1. The van der Waals surface area contributed by atoms with Gasteiger partial charge in [0, 0.05) is 64.4 Å². The molecule has 27 heteroatoms. The van der Waals surface area contributed by atoms with E-state index in [1.807, 2.05) is 0 Å². The number of ether oxygens (including phenoxy) is 5. The summed E-state index contributed by atoms with van der Waals surface area (Å²) in [6.45, 7) is 24.5. The summed E-state index contributed by atoms with van der Waals surface area (Å²) in [6, 6.07) is 4.38. The van der Waals surface area contributed by atoms with Crippen LogP contribution in [0.4, 0.5) is 24.0 Å². The number of aliphatic hydroxyl groups is 1. The van der Waals surface area contributed by atoms with Gasteiger partial charge in [0.1, 0.15) is 57.9 Å². The Hall–Kier alpha value is -8.10. The monoisotopic (exact) mass is 1240 g/mol. The van der Waals surface area contributed by atoms with Crippen LogP contribution in [0.25, 0.3) is 11.1 Å². The summed E-state index contributed by atoms with van der Waals surface area (Å²) in [5, 5.41) is 49.0. The van der Waals surface area contributed by atoms with Crippen LogP contribution in [0, 0.1) is 0 Å². The fourth-order valence-corrected chi connectivity index (χ4v) is 8.49. The molecule has 492 valence electrons. The Morgan fingerprint density at radius 3 is 1.62 bits per heavy atom. The van der Waals surface area contributed by atoms with Crippen molar-refractivity contribution < 1.29 is 81.8 Å². The second kappa shape index (κ2) is 33.3. The fraction of sp³-hybridized carbons (Fsp3) is 0.639. The summed E-state index contributed by atoms with van der Waals surface area (Å²) in [5.74, 6) is -4.44. The Balaban J connectivity index is 2.14. The maximum atomic E-state index is 15.1. The first-order chi connectivity index (χ1) is 40.6. The predicted molar refractivity (Wildman–Crippen MR) is 325 cm³/mol. The smallest absolute Gasteiger partial charge is 0.408 e. The quantitative estimate of drug-likeness (QED) is 0.0550. The number of carbonyl (C=O) groups is 10. The maximum Gasteiger partial charge on any atom is 0.408 e. The van der Waals surface area contributed by atoms with Gasteiger partial charge < -0.3 is 87.1 Å². The van der Waals surface area contributed by atoms with Crippen molar-refractivity contribution in [3.63, 3.8) is 0 Å². The standard InChI is InChI=1S/C61H96N10O17/c1-57(2,3)84-52(79)63-25-17-21-40(33-47(74)62-27-28-65-54(81)86-59(7,8)9)67-48(75)42(22-18-26-64-53(80)85-58(4,5)6)68-49(76)43-30-36-19-16-20-37(29-36)38-23-24-46(73)39(31-38)32-44(71-56(83)88-61(13,14)15)50(77)70-45(51(78)69-43)34-41(72)35-66-55(82)87-60(10,11)12/h16,19-20,23-24,29,31,40-45,72-73H,17-18,21-22,25-28,30,32-35H2,1-15H3,(H,62,74)(H,63,79)(H,64,80)(H,65,81)(H,66,82)(H,67,75)(H,68,76)(H,69,78)(H,70,77)(H,71,83)/t40-,41+,42-,43-,44-,45-/m0/s1. The number of alkyl carbamates (subject to hydrolysis) is 5. The minimum absolute atomic E-state index is 0.00744. The van der Waals surface area contributed by atoms with E-state index in [1.165, 1.54) is 6.07 Å². The number of fused-ring (bicyclic) bond motifs is 5. The van der Waals surface area contributed by atoms with Gasteiger partial charge >= 0.3 is 30.5 Å². The molecule has 0 aliphatic carbocycles. The van der Waals surface area contributed by atoms with Crippen molar-refractivity contribution in [3.8, 4) is 16.9 Å². The first-order valence-corrected chi connectivity index (χ1v) is 29.6. The number of aromatic hydroxyl groups is 1. The number of carbonyl (C=O) groups excluding carboxylic acids is 10. The fourth-order valence-electron chi connectivity index (χ4n) is 8.49. The van der Waals surface area contributed by atoms with E-state index in [0.29, 0.717) is 16.7 Å². The first kappa shape index (κ1) is 74.2. The largest absolute Gasteiger partial charge is 0.508 e. The maximum absolute atomic E-state index is 15.1. The topological polar surface area (TPSA) is 378 Å². The Kier molecular flexibility index (Phi) is 28.1. The first-order valence-electron chi connectivity index (χ1n) is 29.6. The van der Waals surface area contributed by atoms with Crippen LogP contribution < -0.4 is 53.2 Å². The van der Waals surface area contributed by atoms with Crippen LogP contribution in [-0.4, -0.2) is 167 Å². The lowest BCUT2D eigenvalue weighted by molar-refractivity contribution is -0.134. The second-order valence-electron chi connectivity index (χ2n) is 26.4. The van der Waals surface area contributed by atoms with Crippen molar-refractivity contribution in [3.05, 3.63) is 53.6 Å². The molecule has 1 aliphatic rings. The van der Waals surface area contributed by atoms with E-state index in [0.717, 1.165) is 0 Å². The summed E-state index contributed by atoms with van der Waals surface area (Å²) in [6.07, 6.45) is -6.76. The molecule has 1 heterocycles. The van der Waals surface area contributed by atoms with Gasteiger partial charge in [-0.05, 0) is 164 Å². The van der Waals surface area contributed by atoms with Gasteiger partial charge in [0.2, 0.25) is 29.5 Å². The molecule has 12 N–H and O–H groups in total. The molecule has 2 aromatic rings. The Labute approximate surface area is 516 Å². The minimum atomic E-state index is -1.71. The lowest BCUT2D eigenvalue weighted by Crippen LogP contribution is -2.60. The van der Waals surface area contributed by atoms with E-state index in [1.54, 1.807) is 140 Å². The summed E-state index contributed by atoms with van der Waals surface area (Å²) in [4.78, 5) is 136. The molecule has 0 radical (unpaired) electrons. The van der Waals surface area contributed by atoms with Crippen molar-refractivity contribution in [1.29, 1.82) is 0 Å². The van der Waals surface area contributed by atoms with E-state index in [2.05, 4.69) is 53.2 Å². The highest BCUT2D eigenvalue weighted by Gasteiger charge is 2.35. The highest BCUT2D eigenvalue weighted by molar-refractivity contribution is 5.96. The number of amides is 10. The van der Waals surface area contributed by atoms with Crippen molar-refractivity contribution >= 4 is 60.0 Å². The van der Waals surface area contributed by atoms with Crippen molar-refractivity contribution in [2.45, 2.75) is 220 Å². The van der Waals surface area contributed by atoms with Gasteiger partial charge in [-0.1, -0.05) is 30.3 Å². The number of hydrogen-bond acceptors (Lipinski definition) is 17. The van der Waals surface area contributed by atoms with Crippen LogP contribution in [-0.2, 0) is 60.5 Å². The van der Waals surface area contributed by atoms with Crippen LogP contribution in [0.2, 0.25) is 0 Å². The lowest BCUT2D eigenvalue weighted by Gasteiger charge is -2.29. The molecule has 0 aromatic heterocycles. The summed E-state index contributed by atoms with van der Waals surface area (Å²) in [5.41, 5.74) is -2.46. The average Bonchev–Trinajstić information content (AvgIpc) is 1.40. The van der Waals surface area contributed by atoms with Gasteiger partial charge in [-0.3, -0.25) is 24.0 Å². The zero-order valence-electron chi connectivity index (χ0n) is 53.7. The SMILES string of the molecule is CC(C)(C)OC(=O)NCCC[C@@H](CC(=O)NCCNC(=O)OC(C)(C)C)NC(=O)[C@H](CCCNC(=O)OC(C)(C)C)NC(=O)[C@@H]1Cc2cccc(c2)-c2ccc(O)c(c2)C[C@H](NC(=O)OC(C)(C)C)C(=O)N[C@@H](C[C@@H](O)CNC(=O)OC(C)(C)C)C(=O)N1. The van der Waals surface area contributed by atoms with Crippen molar-refractivity contribution in [1.82, 2.24) is 53.2 Å². The molecular formula is C61H96N10O17. The Morgan fingerprint density at radius 2 is 1.07 bits per heavy atom. The highest BCUT2D eigenvalue weighted by atomic mass is 16.6. The highest BCUT2D eigenvalue weighted by Crippen LogP contribution is 2.29. The van der Waals surface area contributed by atoms with Crippen molar-refractivity contribution in [2.75, 3.05) is 32.7 Å². The van der Waals surface area contributed by atoms with Gasteiger partial charge in [-0.15, -0.1) is 0 Å². The molecule has 1 aliphatic heterocycles. The van der Waals surface area contributed by atoms with Crippen LogP contribution in [0.15, 0.2) is 42.5 Å². The molecule has 6 atom stereocenters. The van der Waals surface area contributed by atoms with E-state index < -0.39 is 137 Å². The molecule has 0 saturated carbocycles. The van der Waals surface area contributed by atoms with E-state index in [-0.39, 0.29) is 82.4 Å². The summed E-state index contributed by atoms with van der Waals surface area (Å²) >= 11 is 0. The van der Waals surface area contributed by atoms with E-state index in [4.69, 9.17) is 23.7 Å². The normalized spacial score (nSPS) is 16.8. The average molecular weight is 1240 g/mol. The molecule has 3 rings (SSSR count). The van der Waals surface area contributed by atoms with Crippen LogP contribution in [0.3, 0.4) is 0 Å². The third-order valence-corrected chi connectivity index (χ3v) is 12.1. The number of phenolic OH excluding ortho intramolecular Hbond substituents is 1.